The van der Waals surface area contributed by atoms with Crippen molar-refractivity contribution in [3.05, 3.63) is 54.6 Å². The van der Waals surface area contributed by atoms with Crippen LogP contribution in [0.4, 0.5) is 5.69 Å². The number of aliphatic hydroxyl groups excluding tert-OH is 1. The van der Waals surface area contributed by atoms with E-state index in [1.807, 2.05) is 52.8 Å². The zero-order valence-electron chi connectivity index (χ0n) is 23.1. The number of anilines is 1. The highest BCUT2D eigenvalue weighted by molar-refractivity contribution is 8.02. The van der Waals surface area contributed by atoms with E-state index >= 15 is 0 Å². The van der Waals surface area contributed by atoms with E-state index in [1.165, 1.54) is 6.08 Å². The number of hydrogen-bond donors (Lipinski definition) is 1. The molecular weight excluding hydrogens is 500 g/mol. The Hall–Kier alpha value is -2.58. The van der Waals surface area contributed by atoms with E-state index in [4.69, 9.17) is 4.74 Å². The van der Waals surface area contributed by atoms with Crippen molar-refractivity contribution in [1.29, 1.82) is 0 Å². The number of fused-ring (bicyclic) bond motifs is 1. The largest absolute Gasteiger partial charge is 0.461 e. The fraction of sp³-hybridized carbons (Fsp3) is 0.567. The lowest BCUT2D eigenvalue weighted by Gasteiger charge is -2.41. The first kappa shape index (κ1) is 28.4. The Morgan fingerprint density at radius 2 is 1.89 bits per heavy atom. The summed E-state index contributed by atoms with van der Waals surface area (Å²) in [6.45, 7) is 17.5. The second kappa shape index (κ2) is 10.5. The first-order chi connectivity index (χ1) is 18.0. The molecule has 0 radical (unpaired) electrons. The highest BCUT2D eigenvalue weighted by Crippen LogP contribution is 2.72. The Labute approximate surface area is 230 Å². The number of rotatable bonds is 10. The van der Waals surface area contributed by atoms with Crippen molar-refractivity contribution in [2.75, 3.05) is 24.7 Å². The van der Waals surface area contributed by atoms with Crippen molar-refractivity contribution in [1.82, 2.24) is 4.90 Å². The van der Waals surface area contributed by atoms with E-state index in [1.54, 1.807) is 27.6 Å². The van der Waals surface area contributed by atoms with Gasteiger partial charge in [0.1, 0.15) is 12.6 Å². The number of likely N-dealkylation sites (tertiary alicyclic amines) is 1. The Morgan fingerprint density at radius 3 is 2.45 bits per heavy atom. The van der Waals surface area contributed by atoms with Gasteiger partial charge in [0.15, 0.2) is 0 Å². The minimum atomic E-state index is -0.831. The normalized spacial score (nSPS) is 30.3. The molecule has 0 saturated carbocycles. The van der Waals surface area contributed by atoms with Crippen molar-refractivity contribution in [3.63, 3.8) is 0 Å². The van der Waals surface area contributed by atoms with Crippen LogP contribution in [0.3, 0.4) is 0 Å². The molecule has 3 aliphatic rings. The molecule has 8 heteroatoms. The minimum absolute atomic E-state index is 0.0704. The summed E-state index contributed by atoms with van der Waals surface area (Å²) in [6, 6.07) is 4.51. The Kier molecular flexibility index (Phi) is 7.88. The maximum atomic E-state index is 14.8. The van der Waals surface area contributed by atoms with E-state index < -0.39 is 39.4 Å². The van der Waals surface area contributed by atoms with Gasteiger partial charge < -0.3 is 19.6 Å². The van der Waals surface area contributed by atoms with Crippen LogP contribution in [0, 0.1) is 31.6 Å². The molecule has 206 valence electrons. The lowest BCUT2D eigenvalue weighted by Crippen LogP contribution is -2.58. The van der Waals surface area contributed by atoms with E-state index in [0.29, 0.717) is 12.8 Å². The van der Waals surface area contributed by atoms with Crippen molar-refractivity contribution < 1.29 is 24.2 Å². The Balaban J connectivity index is 1.88. The molecule has 3 heterocycles. The quantitative estimate of drug-likeness (QED) is 0.356. The first-order valence-corrected chi connectivity index (χ1v) is 14.2. The van der Waals surface area contributed by atoms with E-state index in [0.717, 1.165) is 16.8 Å². The number of ether oxygens (including phenoxy) is 1. The summed E-state index contributed by atoms with van der Waals surface area (Å²) in [5, 5.41) is 10.4. The van der Waals surface area contributed by atoms with Crippen LogP contribution < -0.4 is 4.90 Å². The first-order valence-electron chi connectivity index (χ1n) is 13.4. The summed E-state index contributed by atoms with van der Waals surface area (Å²) >= 11 is 1.60. The van der Waals surface area contributed by atoms with Crippen molar-refractivity contribution in [2.24, 2.45) is 17.8 Å². The SMILES string of the molecule is C=CCOC(=O)[C@@H]1[C@H]2C(=O)N([C@@H](CO)C(C)C)C(C(=O)N(CC=C)c3c(C)cccc3C)C23CC[C@@]1(C)S3. The average Bonchev–Trinajstić information content (AvgIpc) is 3.43. The number of aryl methyl sites for hydroxylation is 2. The summed E-state index contributed by atoms with van der Waals surface area (Å²) in [4.78, 5) is 45.9. The van der Waals surface area contributed by atoms with Crippen LogP contribution in [0.5, 0.6) is 0 Å². The van der Waals surface area contributed by atoms with Crippen LogP contribution >= 0.6 is 11.8 Å². The van der Waals surface area contributed by atoms with Crippen LogP contribution in [0.2, 0.25) is 0 Å². The molecule has 38 heavy (non-hydrogen) atoms. The molecule has 6 atom stereocenters. The Morgan fingerprint density at radius 1 is 1.24 bits per heavy atom. The van der Waals surface area contributed by atoms with Gasteiger partial charge in [-0.2, -0.15) is 0 Å². The zero-order valence-corrected chi connectivity index (χ0v) is 23.9. The van der Waals surface area contributed by atoms with Crippen molar-refractivity contribution >= 4 is 35.2 Å². The van der Waals surface area contributed by atoms with Gasteiger partial charge in [0, 0.05) is 17.0 Å². The van der Waals surface area contributed by atoms with Gasteiger partial charge in [-0.05, 0) is 50.7 Å². The number of para-hydroxylation sites is 1. The smallest absolute Gasteiger partial charge is 0.311 e. The molecule has 3 fully saturated rings. The molecule has 2 bridgehead atoms. The van der Waals surface area contributed by atoms with Crippen LogP contribution in [0.25, 0.3) is 0 Å². The summed E-state index contributed by atoms with van der Waals surface area (Å²) in [6.07, 6.45) is 4.54. The van der Waals surface area contributed by atoms with Gasteiger partial charge in [-0.15, -0.1) is 18.3 Å². The van der Waals surface area contributed by atoms with Gasteiger partial charge in [-0.1, -0.05) is 50.8 Å². The number of carbonyl (C=O) groups excluding carboxylic acids is 3. The third-order valence-electron chi connectivity index (χ3n) is 8.65. The van der Waals surface area contributed by atoms with Gasteiger partial charge in [-0.25, -0.2) is 0 Å². The van der Waals surface area contributed by atoms with Gasteiger partial charge in [0.25, 0.3) is 5.91 Å². The second-order valence-corrected chi connectivity index (χ2v) is 13.3. The fourth-order valence-electron chi connectivity index (χ4n) is 7.01. The molecular formula is C30H40N2O5S. The zero-order chi connectivity index (χ0) is 28.0. The molecule has 1 aromatic carbocycles. The minimum Gasteiger partial charge on any atom is -0.461 e. The van der Waals surface area contributed by atoms with Crippen LogP contribution in [-0.2, 0) is 19.1 Å². The maximum Gasteiger partial charge on any atom is 0.311 e. The number of aliphatic hydroxyl groups is 1. The molecule has 3 saturated heterocycles. The van der Waals surface area contributed by atoms with Crippen molar-refractivity contribution in [2.45, 2.75) is 69.0 Å². The molecule has 1 N–H and O–H groups in total. The monoisotopic (exact) mass is 540 g/mol. The van der Waals surface area contributed by atoms with Crippen LogP contribution in [-0.4, -0.2) is 69.1 Å². The maximum absolute atomic E-state index is 14.8. The highest BCUT2D eigenvalue weighted by atomic mass is 32.2. The topological polar surface area (TPSA) is 87.1 Å². The Bertz CT molecular complexity index is 1130. The summed E-state index contributed by atoms with van der Waals surface area (Å²) in [7, 11) is 0. The summed E-state index contributed by atoms with van der Waals surface area (Å²) < 4.78 is 4.19. The molecule has 1 aromatic rings. The summed E-state index contributed by atoms with van der Waals surface area (Å²) in [5.41, 5.74) is 2.71. The number of hydrogen-bond acceptors (Lipinski definition) is 6. The third kappa shape index (κ3) is 4.20. The number of benzene rings is 1. The predicted molar refractivity (Wildman–Crippen MR) is 151 cm³/mol. The van der Waals surface area contributed by atoms with Gasteiger partial charge >= 0.3 is 5.97 Å². The van der Waals surface area contributed by atoms with Gasteiger partial charge in [0.05, 0.1) is 29.2 Å². The van der Waals surface area contributed by atoms with Gasteiger partial charge in [0.2, 0.25) is 5.91 Å². The van der Waals surface area contributed by atoms with Crippen LogP contribution in [0.15, 0.2) is 43.5 Å². The molecule has 3 aliphatic heterocycles. The number of esters is 1. The van der Waals surface area contributed by atoms with E-state index in [-0.39, 0.29) is 37.5 Å². The lowest BCUT2D eigenvalue weighted by atomic mass is 9.66. The number of amides is 2. The number of thioether (sulfide) groups is 1. The number of nitrogens with zero attached hydrogens (tertiary/aromatic N) is 2. The molecule has 4 rings (SSSR count). The van der Waals surface area contributed by atoms with Crippen molar-refractivity contribution in [3.8, 4) is 0 Å². The van der Waals surface area contributed by atoms with Gasteiger partial charge in [-0.3, -0.25) is 14.4 Å². The molecule has 1 spiro atoms. The van der Waals surface area contributed by atoms with E-state index in [2.05, 4.69) is 13.2 Å². The molecule has 2 unspecified atom stereocenters. The molecule has 2 amide bonds. The van der Waals surface area contributed by atoms with Crippen LogP contribution in [0.1, 0.15) is 44.7 Å². The highest BCUT2D eigenvalue weighted by Gasteiger charge is 2.78. The van der Waals surface area contributed by atoms with E-state index in [9.17, 15) is 19.5 Å². The third-order valence-corrected chi connectivity index (χ3v) is 10.6. The average molecular weight is 541 g/mol. The predicted octanol–water partition coefficient (Wildman–Crippen LogP) is 4.05. The lowest BCUT2D eigenvalue weighted by molar-refractivity contribution is -0.155. The molecule has 0 aliphatic carbocycles. The molecule has 0 aromatic heterocycles. The second-order valence-electron chi connectivity index (χ2n) is 11.4. The molecule has 7 nitrogen and oxygen atoms in total. The number of carbonyl (C=O) groups is 3. The summed E-state index contributed by atoms with van der Waals surface area (Å²) in [5.74, 6) is -2.33. The fourth-order valence-corrected chi connectivity index (χ4v) is 9.33. The standard InChI is InChI=1S/C30H40N2O5S/c1-8-15-31(24-19(5)11-10-12-20(24)6)27(35)25-30-14-13-29(7,38-30)23(28(36)37-16-9-2)22(30)26(34)32(25)21(17-33)18(3)4/h8-12,18,21-23,25,33H,1-2,13-17H2,3-7H3/t21-,22-,23-,25?,29+,30?/m0/s1.